The molecule has 0 aromatic heterocycles. The molecule has 2 aromatic rings. The van der Waals surface area contributed by atoms with Gasteiger partial charge in [-0.3, -0.25) is 4.79 Å². The van der Waals surface area contributed by atoms with E-state index in [4.69, 9.17) is 9.47 Å². The number of nitrogens with one attached hydrogen (secondary N) is 1. The van der Waals surface area contributed by atoms with E-state index in [9.17, 15) is 4.79 Å². The zero-order chi connectivity index (χ0) is 16.1. The van der Waals surface area contributed by atoms with Gasteiger partial charge >= 0.3 is 0 Å². The number of fused-ring (bicyclic) bond motifs is 1. The van der Waals surface area contributed by atoms with Crippen molar-refractivity contribution in [2.24, 2.45) is 0 Å². The van der Waals surface area contributed by atoms with Crippen molar-refractivity contribution in [3.63, 3.8) is 0 Å². The normalized spacial score (nSPS) is 12.9. The Balaban J connectivity index is 1.63. The third-order valence-electron chi connectivity index (χ3n) is 3.65. The number of anilines is 1. The fourth-order valence-electron chi connectivity index (χ4n) is 2.57. The molecule has 4 heteroatoms. The van der Waals surface area contributed by atoms with Crippen molar-refractivity contribution in [1.29, 1.82) is 0 Å². The van der Waals surface area contributed by atoms with E-state index < -0.39 is 0 Å². The highest BCUT2D eigenvalue weighted by Gasteiger charge is 2.11. The van der Waals surface area contributed by atoms with Crippen LogP contribution >= 0.6 is 0 Å². The topological polar surface area (TPSA) is 47.6 Å². The molecule has 1 N–H and O–H groups in total. The first-order valence-electron chi connectivity index (χ1n) is 7.57. The zero-order valence-corrected chi connectivity index (χ0v) is 13.0. The van der Waals surface area contributed by atoms with Gasteiger partial charge < -0.3 is 14.8 Å². The van der Waals surface area contributed by atoms with Gasteiger partial charge in [0, 0.05) is 25.3 Å². The van der Waals surface area contributed by atoms with Crippen LogP contribution in [-0.4, -0.2) is 19.6 Å². The molecule has 1 amide bonds. The van der Waals surface area contributed by atoms with Crippen molar-refractivity contribution < 1.29 is 14.3 Å². The second-order valence-corrected chi connectivity index (χ2v) is 5.42. The number of rotatable bonds is 5. The minimum Gasteiger partial charge on any atom is -0.493 e. The van der Waals surface area contributed by atoms with Crippen LogP contribution in [0.5, 0.6) is 5.75 Å². The molecule has 118 valence electrons. The van der Waals surface area contributed by atoms with Gasteiger partial charge in [0.1, 0.15) is 5.75 Å². The van der Waals surface area contributed by atoms with Gasteiger partial charge in [0.05, 0.1) is 13.2 Å². The van der Waals surface area contributed by atoms with Crippen molar-refractivity contribution in [2.45, 2.75) is 13.0 Å². The fraction of sp³-hybridized carbons (Fsp3) is 0.211. The summed E-state index contributed by atoms with van der Waals surface area (Å²) in [4.78, 5) is 12.0. The number of ether oxygens (including phenoxy) is 2. The van der Waals surface area contributed by atoms with E-state index in [0.717, 1.165) is 35.6 Å². The molecule has 0 aliphatic carbocycles. The highest BCUT2D eigenvalue weighted by atomic mass is 16.5. The third-order valence-corrected chi connectivity index (χ3v) is 3.65. The second-order valence-electron chi connectivity index (χ2n) is 5.42. The lowest BCUT2D eigenvalue weighted by atomic mass is 10.1. The molecule has 23 heavy (non-hydrogen) atoms. The largest absolute Gasteiger partial charge is 0.493 e. The molecular formula is C19H19NO3. The van der Waals surface area contributed by atoms with Gasteiger partial charge in [-0.05, 0) is 47.0 Å². The summed E-state index contributed by atoms with van der Waals surface area (Å²) in [6, 6.07) is 13.6. The van der Waals surface area contributed by atoms with E-state index in [2.05, 4.69) is 11.4 Å². The average Bonchev–Trinajstić information content (AvgIpc) is 3.01. The summed E-state index contributed by atoms with van der Waals surface area (Å²) >= 11 is 0. The number of amides is 1. The first-order valence-corrected chi connectivity index (χ1v) is 7.57. The molecule has 0 unspecified atom stereocenters. The summed E-state index contributed by atoms with van der Waals surface area (Å²) in [6.45, 7) is 1.26. The van der Waals surface area contributed by atoms with Crippen LogP contribution in [-0.2, 0) is 22.6 Å². The molecule has 1 aliphatic rings. The van der Waals surface area contributed by atoms with Crippen molar-refractivity contribution in [1.82, 2.24) is 0 Å². The highest BCUT2D eigenvalue weighted by molar-refractivity contribution is 6.01. The van der Waals surface area contributed by atoms with E-state index in [-0.39, 0.29) is 5.91 Å². The Kier molecular flexibility index (Phi) is 4.74. The van der Waals surface area contributed by atoms with Gasteiger partial charge in [-0.15, -0.1) is 0 Å². The number of carbonyl (C=O) groups is 1. The molecule has 0 fully saturated rings. The van der Waals surface area contributed by atoms with Gasteiger partial charge in [0.15, 0.2) is 0 Å². The Morgan fingerprint density at radius 2 is 2.22 bits per heavy atom. The second kappa shape index (κ2) is 7.11. The first-order chi connectivity index (χ1) is 11.2. The van der Waals surface area contributed by atoms with Crippen molar-refractivity contribution in [3.05, 3.63) is 65.2 Å². The maximum absolute atomic E-state index is 12.0. The van der Waals surface area contributed by atoms with Gasteiger partial charge in [-0.1, -0.05) is 18.2 Å². The minimum atomic E-state index is -0.156. The summed E-state index contributed by atoms with van der Waals surface area (Å²) in [6.07, 6.45) is 4.28. The quantitative estimate of drug-likeness (QED) is 0.861. The monoisotopic (exact) mass is 309 g/mol. The van der Waals surface area contributed by atoms with Crippen LogP contribution in [0.2, 0.25) is 0 Å². The molecular weight excluding hydrogens is 290 g/mol. The van der Waals surface area contributed by atoms with Crippen LogP contribution < -0.4 is 10.1 Å². The number of methoxy groups -OCH3 is 1. The summed E-state index contributed by atoms with van der Waals surface area (Å²) in [5, 5.41) is 2.86. The lowest BCUT2D eigenvalue weighted by Gasteiger charge is -2.05. The number of carbonyl (C=O) groups excluding carboxylic acids is 1. The number of hydrogen-bond acceptors (Lipinski definition) is 3. The zero-order valence-electron chi connectivity index (χ0n) is 13.0. The summed E-state index contributed by atoms with van der Waals surface area (Å²) < 4.78 is 10.6. The highest BCUT2D eigenvalue weighted by Crippen LogP contribution is 2.26. The Morgan fingerprint density at radius 3 is 3.09 bits per heavy atom. The SMILES string of the molecule is COCc1cccc(NC(=O)/C=C/c2ccc3c(c2)CCO3)c1. The smallest absolute Gasteiger partial charge is 0.248 e. The standard InChI is InChI=1S/C19H19NO3/c1-22-13-15-3-2-4-17(12-15)20-19(21)8-6-14-5-7-18-16(11-14)9-10-23-18/h2-8,11-12H,9-10,13H2,1H3,(H,20,21)/b8-6+. The van der Waals surface area contributed by atoms with E-state index >= 15 is 0 Å². The van der Waals surface area contributed by atoms with Crippen LogP contribution in [0.1, 0.15) is 16.7 Å². The fourth-order valence-corrected chi connectivity index (χ4v) is 2.57. The lowest BCUT2D eigenvalue weighted by molar-refractivity contribution is -0.111. The predicted octanol–water partition coefficient (Wildman–Crippen LogP) is 3.42. The molecule has 0 bridgehead atoms. The average molecular weight is 309 g/mol. The van der Waals surface area contributed by atoms with Crippen LogP contribution in [0.15, 0.2) is 48.5 Å². The lowest BCUT2D eigenvalue weighted by Crippen LogP contribution is -2.08. The molecule has 4 nitrogen and oxygen atoms in total. The maximum atomic E-state index is 12.0. The van der Waals surface area contributed by atoms with Crippen molar-refractivity contribution in [3.8, 4) is 5.75 Å². The molecule has 0 saturated heterocycles. The molecule has 0 atom stereocenters. The molecule has 1 heterocycles. The van der Waals surface area contributed by atoms with Crippen LogP contribution in [0.25, 0.3) is 6.08 Å². The number of hydrogen-bond donors (Lipinski definition) is 1. The van der Waals surface area contributed by atoms with E-state index in [0.29, 0.717) is 6.61 Å². The minimum absolute atomic E-state index is 0.156. The van der Waals surface area contributed by atoms with Crippen LogP contribution in [0, 0.1) is 0 Å². The molecule has 3 rings (SSSR count). The first kappa shape index (κ1) is 15.3. The van der Waals surface area contributed by atoms with Crippen molar-refractivity contribution in [2.75, 3.05) is 19.0 Å². The van der Waals surface area contributed by atoms with E-state index in [1.165, 1.54) is 5.56 Å². The Labute approximate surface area is 135 Å². The molecule has 0 radical (unpaired) electrons. The summed E-state index contributed by atoms with van der Waals surface area (Å²) in [5.41, 5.74) is 3.97. The van der Waals surface area contributed by atoms with E-state index in [1.54, 1.807) is 13.2 Å². The molecule has 0 saturated carbocycles. The molecule has 0 spiro atoms. The number of benzene rings is 2. The maximum Gasteiger partial charge on any atom is 0.248 e. The summed E-state index contributed by atoms with van der Waals surface area (Å²) in [5.74, 6) is 0.790. The van der Waals surface area contributed by atoms with E-state index in [1.807, 2.05) is 42.5 Å². The molecule has 2 aromatic carbocycles. The third kappa shape index (κ3) is 3.99. The van der Waals surface area contributed by atoms with Gasteiger partial charge in [-0.25, -0.2) is 0 Å². The molecule has 1 aliphatic heterocycles. The van der Waals surface area contributed by atoms with Gasteiger partial charge in [-0.2, -0.15) is 0 Å². The van der Waals surface area contributed by atoms with Crippen LogP contribution in [0.4, 0.5) is 5.69 Å². The van der Waals surface area contributed by atoms with Gasteiger partial charge in [0.2, 0.25) is 5.91 Å². The predicted molar refractivity (Wildman–Crippen MR) is 90.5 cm³/mol. The van der Waals surface area contributed by atoms with Crippen LogP contribution in [0.3, 0.4) is 0 Å². The Hall–Kier alpha value is -2.59. The van der Waals surface area contributed by atoms with Crippen molar-refractivity contribution >= 4 is 17.7 Å². The Morgan fingerprint density at radius 1 is 1.30 bits per heavy atom. The van der Waals surface area contributed by atoms with Gasteiger partial charge in [0.25, 0.3) is 0 Å². The Bertz CT molecular complexity index is 737. The summed E-state index contributed by atoms with van der Waals surface area (Å²) in [7, 11) is 1.65.